The second kappa shape index (κ2) is 13.4. The molecule has 0 radical (unpaired) electrons. The highest BCUT2D eigenvalue weighted by Crippen LogP contribution is 2.30. The van der Waals surface area contributed by atoms with E-state index in [0.717, 1.165) is 0 Å². The van der Waals surface area contributed by atoms with Crippen molar-refractivity contribution < 1.29 is 44.2 Å². The van der Waals surface area contributed by atoms with Gasteiger partial charge in [0, 0.05) is 0 Å². The lowest BCUT2D eigenvalue weighted by atomic mass is 10.1. The lowest BCUT2D eigenvalue weighted by molar-refractivity contribution is -0.141. The van der Waals surface area contributed by atoms with Crippen molar-refractivity contribution >= 4 is 23.9 Å². The lowest BCUT2D eigenvalue weighted by Gasteiger charge is -2.24. The number of hydrogen-bond donors (Lipinski definition) is 0. The zero-order valence-corrected chi connectivity index (χ0v) is 22.2. The molecule has 0 amide bonds. The Balaban J connectivity index is 1.48. The molecule has 0 aliphatic carbocycles. The van der Waals surface area contributed by atoms with Gasteiger partial charge >= 0.3 is 23.9 Å². The fourth-order valence-electron chi connectivity index (χ4n) is 4.12. The SMILES string of the molecule is [2H][C@]1(OC(=O)c2ccccc2)[C@@H](OC(=O)c2ccccc2)O[C@H](COC(=O)c2ccccc2)[C@H]1OC(=O)c1ccccc1. The molecule has 0 N–H and O–H groups in total. The van der Waals surface area contributed by atoms with E-state index < -0.39 is 55.1 Å². The van der Waals surface area contributed by atoms with Crippen LogP contribution in [0.2, 0.25) is 0 Å². The van der Waals surface area contributed by atoms with Crippen LogP contribution in [0.15, 0.2) is 121 Å². The minimum atomic E-state index is -2.61. The van der Waals surface area contributed by atoms with Crippen LogP contribution in [0, 0.1) is 0 Å². The molecule has 9 nitrogen and oxygen atoms in total. The molecular formula is C33H26O9. The molecule has 0 unspecified atom stereocenters. The summed E-state index contributed by atoms with van der Waals surface area (Å²) in [5.74, 6) is -3.41. The maximum absolute atomic E-state index is 13.2. The van der Waals surface area contributed by atoms with Crippen molar-refractivity contribution in [1.29, 1.82) is 0 Å². The van der Waals surface area contributed by atoms with Gasteiger partial charge in [0.15, 0.2) is 6.10 Å². The first-order chi connectivity index (χ1) is 20.8. The van der Waals surface area contributed by atoms with Crippen LogP contribution in [-0.4, -0.2) is 55.1 Å². The Kier molecular flexibility index (Phi) is 8.58. The lowest BCUT2D eigenvalue weighted by Crippen LogP contribution is -2.42. The molecule has 4 aromatic rings. The monoisotopic (exact) mass is 567 g/mol. The maximum atomic E-state index is 13.2. The molecule has 0 aromatic heterocycles. The number of ether oxygens (including phenoxy) is 5. The number of hydrogen-bond acceptors (Lipinski definition) is 9. The van der Waals surface area contributed by atoms with Crippen LogP contribution >= 0.6 is 0 Å². The van der Waals surface area contributed by atoms with Crippen molar-refractivity contribution in [2.24, 2.45) is 0 Å². The number of carbonyl (C=O) groups is 4. The van der Waals surface area contributed by atoms with Gasteiger partial charge in [-0.15, -0.1) is 0 Å². The highest BCUT2D eigenvalue weighted by Gasteiger charge is 2.52. The van der Waals surface area contributed by atoms with E-state index in [1.807, 2.05) is 0 Å². The average Bonchev–Trinajstić information content (AvgIpc) is 3.30. The van der Waals surface area contributed by atoms with Crippen LogP contribution in [0.4, 0.5) is 0 Å². The normalized spacial score (nSPS) is 21.4. The summed E-state index contributed by atoms with van der Waals surface area (Å²) in [6, 6.07) is 31.8. The third-order valence-corrected chi connectivity index (χ3v) is 6.22. The molecule has 5 rings (SSSR count). The van der Waals surface area contributed by atoms with Crippen LogP contribution in [0.25, 0.3) is 0 Å². The Morgan fingerprint density at radius 3 is 1.38 bits per heavy atom. The maximum Gasteiger partial charge on any atom is 0.340 e. The van der Waals surface area contributed by atoms with Crippen LogP contribution < -0.4 is 0 Å². The van der Waals surface area contributed by atoms with Gasteiger partial charge in [-0.25, -0.2) is 19.2 Å². The van der Waals surface area contributed by atoms with Gasteiger partial charge in [-0.3, -0.25) is 0 Å². The van der Waals surface area contributed by atoms with E-state index in [1.54, 1.807) is 84.9 Å². The third kappa shape index (κ3) is 6.89. The van der Waals surface area contributed by atoms with Gasteiger partial charge in [0.2, 0.25) is 12.4 Å². The molecule has 0 spiro atoms. The van der Waals surface area contributed by atoms with Crippen LogP contribution in [0.1, 0.15) is 42.8 Å². The first-order valence-corrected chi connectivity index (χ1v) is 13.0. The van der Waals surface area contributed by atoms with Crippen LogP contribution in [0.3, 0.4) is 0 Å². The first kappa shape index (κ1) is 26.9. The highest BCUT2D eigenvalue weighted by molar-refractivity contribution is 5.91. The zero-order valence-electron chi connectivity index (χ0n) is 23.2. The van der Waals surface area contributed by atoms with Crippen LogP contribution in [-0.2, 0) is 23.7 Å². The molecule has 1 fully saturated rings. The van der Waals surface area contributed by atoms with Gasteiger partial charge in [-0.05, 0) is 48.5 Å². The standard InChI is InChI=1S/C33H26O9/c34-29(22-13-5-1-6-14-22)38-21-26-27(40-30(35)23-15-7-2-8-16-23)28(41-31(36)24-17-9-3-10-18-24)33(39-26)42-32(37)25-19-11-4-12-20-25/h1-20,26-28,33H,21H2/t26-,27-,28-,33-/m1/s1/i28D. The molecule has 1 aliphatic heterocycles. The quantitative estimate of drug-likeness (QED) is 0.206. The molecule has 4 atom stereocenters. The number of carbonyl (C=O) groups excluding carboxylic acids is 4. The van der Waals surface area contributed by atoms with Gasteiger partial charge < -0.3 is 23.7 Å². The summed E-state index contributed by atoms with van der Waals surface area (Å²) in [6.07, 6.45) is -7.53. The van der Waals surface area contributed by atoms with Gasteiger partial charge in [0.1, 0.15) is 12.7 Å². The summed E-state index contributed by atoms with van der Waals surface area (Å²) in [6.45, 7) is -0.524. The molecule has 0 bridgehead atoms. The van der Waals surface area contributed by atoms with E-state index in [0.29, 0.717) is 0 Å². The van der Waals surface area contributed by atoms with Crippen LogP contribution in [0.5, 0.6) is 0 Å². The Morgan fingerprint density at radius 1 is 0.548 bits per heavy atom. The van der Waals surface area contributed by atoms with Crippen molar-refractivity contribution in [1.82, 2.24) is 0 Å². The minimum absolute atomic E-state index is 0.0920. The van der Waals surface area contributed by atoms with Gasteiger partial charge in [-0.1, -0.05) is 72.8 Å². The topological polar surface area (TPSA) is 114 Å². The van der Waals surface area contributed by atoms with Gasteiger partial charge in [0.05, 0.1) is 23.6 Å². The molecule has 1 heterocycles. The second-order valence-electron chi connectivity index (χ2n) is 9.09. The summed E-state index contributed by atoms with van der Waals surface area (Å²) in [7, 11) is 0. The Morgan fingerprint density at radius 2 is 0.929 bits per heavy atom. The fraction of sp³-hybridized carbons (Fsp3) is 0.152. The molecule has 1 saturated heterocycles. The highest BCUT2D eigenvalue weighted by atomic mass is 16.8. The molecule has 212 valence electrons. The van der Waals surface area contributed by atoms with E-state index in [9.17, 15) is 20.5 Å². The molecule has 42 heavy (non-hydrogen) atoms. The van der Waals surface area contributed by atoms with Gasteiger partial charge in [-0.2, -0.15) is 0 Å². The molecule has 4 aromatic carbocycles. The summed E-state index contributed by atoms with van der Waals surface area (Å²) in [4.78, 5) is 52.1. The minimum Gasteiger partial charge on any atom is -0.459 e. The number of esters is 4. The molecule has 0 saturated carbocycles. The predicted molar refractivity (Wildman–Crippen MR) is 149 cm³/mol. The van der Waals surface area contributed by atoms with Crippen molar-refractivity contribution in [2.45, 2.75) is 24.6 Å². The Hall–Kier alpha value is -5.28. The Labute approximate surface area is 243 Å². The Bertz CT molecular complexity index is 1570. The summed E-state index contributed by atoms with van der Waals surface area (Å²) in [5.41, 5.74) is 0.621. The summed E-state index contributed by atoms with van der Waals surface area (Å²) < 4.78 is 37.5. The number of rotatable bonds is 9. The second-order valence-corrected chi connectivity index (χ2v) is 9.09. The predicted octanol–water partition coefficient (Wildman–Crippen LogP) is 4.88. The molecule has 1 aliphatic rings. The van der Waals surface area contributed by atoms with Crippen molar-refractivity contribution in [2.75, 3.05) is 6.61 Å². The molecule has 9 heteroatoms. The van der Waals surface area contributed by atoms with E-state index in [4.69, 9.17) is 23.7 Å². The number of benzene rings is 4. The van der Waals surface area contributed by atoms with Crippen molar-refractivity contribution in [3.8, 4) is 0 Å². The van der Waals surface area contributed by atoms with E-state index in [2.05, 4.69) is 0 Å². The van der Waals surface area contributed by atoms with Crippen molar-refractivity contribution in [3.05, 3.63) is 144 Å². The first-order valence-electron chi connectivity index (χ1n) is 13.5. The smallest absolute Gasteiger partial charge is 0.340 e. The van der Waals surface area contributed by atoms with Gasteiger partial charge in [0.25, 0.3) is 0 Å². The molecular weight excluding hydrogens is 540 g/mol. The third-order valence-electron chi connectivity index (χ3n) is 6.22. The fourth-order valence-corrected chi connectivity index (χ4v) is 4.12. The zero-order chi connectivity index (χ0) is 30.2. The van der Waals surface area contributed by atoms with Crippen molar-refractivity contribution in [3.63, 3.8) is 0 Å². The summed E-state index contributed by atoms with van der Waals surface area (Å²) >= 11 is 0. The van der Waals surface area contributed by atoms with E-state index in [-0.39, 0.29) is 22.3 Å². The van der Waals surface area contributed by atoms with E-state index in [1.165, 1.54) is 36.4 Å². The largest absolute Gasteiger partial charge is 0.459 e. The summed E-state index contributed by atoms with van der Waals surface area (Å²) in [5, 5.41) is 0. The average molecular weight is 568 g/mol. The van der Waals surface area contributed by atoms with E-state index >= 15 is 0 Å².